The van der Waals surface area contributed by atoms with Crippen molar-refractivity contribution < 1.29 is 8.85 Å². The van der Waals surface area contributed by atoms with Gasteiger partial charge in [-0.2, -0.15) is 0 Å². The lowest BCUT2D eigenvalue weighted by atomic mass is 10.1. The molecule has 0 atom stereocenters. The number of rotatable bonds is 10. The zero-order valence-corrected chi connectivity index (χ0v) is 17.9. The highest BCUT2D eigenvalue weighted by Gasteiger charge is 2.30. The van der Waals surface area contributed by atoms with Gasteiger partial charge in [0.05, 0.1) is 10.0 Å². The molecule has 0 saturated heterocycles. The van der Waals surface area contributed by atoms with Gasteiger partial charge in [-0.3, -0.25) is 0 Å². The first-order valence-electron chi connectivity index (χ1n) is 7.94. The molecule has 0 aliphatic rings. The second kappa shape index (κ2) is 10.4. The van der Waals surface area contributed by atoms with Gasteiger partial charge in [0.2, 0.25) is 0 Å². The number of hydrogen-bond donors (Lipinski definition) is 0. The van der Waals surface area contributed by atoms with Gasteiger partial charge in [0.25, 0.3) is 0 Å². The van der Waals surface area contributed by atoms with E-state index >= 15 is 0 Å². The van der Waals surface area contributed by atoms with E-state index < -0.39 is 8.56 Å². The summed E-state index contributed by atoms with van der Waals surface area (Å²) in [7, 11) is -2.41. The molecule has 23 heavy (non-hydrogen) atoms. The first kappa shape index (κ1) is 21.4. The van der Waals surface area contributed by atoms with E-state index in [0.717, 1.165) is 6.42 Å². The van der Waals surface area contributed by atoms with Crippen molar-refractivity contribution in [3.63, 3.8) is 0 Å². The lowest BCUT2D eigenvalue weighted by Crippen LogP contribution is -2.39. The van der Waals surface area contributed by atoms with Gasteiger partial charge in [-0.25, -0.2) is 0 Å². The van der Waals surface area contributed by atoms with E-state index in [9.17, 15) is 0 Å². The van der Waals surface area contributed by atoms with Crippen molar-refractivity contribution in [2.75, 3.05) is 6.61 Å². The first-order chi connectivity index (χ1) is 10.8. The van der Waals surface area contributed by atoms with Crippen LogP contribution >= 0.6 is 46.4 Å². The van der Waals surface area contributed by atoms with Gasteiger partial charge in [0, 0.05) is 6.61 Å². The Kier molecular flexibility index (Phi) is 9.65. The molecule has 0 heterocycles. The highest BCUT2D eigenvalue weighted by atomic mass is 35.5. The summed E-state index contributed by atoms with van der Waals surface area (Å²) in [5.41, 5.74) is 0. The zero-order chi connectivity index (χ0) is 17.5. The van der Waals surface area contributed by atoms with Crippen LogP contribution < -0.4 is 4.43 Å². The van der Waals surface area contributed by atoms with Crippen molar-refractivity contribution in [3.8, 4) is 5.75 Å². The molecule has 0 unspecified atom stereocenters. The molecule has 0 amide bonds. The fourth-order valence-electron chi connectivity index (χ4n) is 2.12. The van der Waals surface area contributed by atoms with Crippen LogP contribution in [-0.2, 0) is 4.43 Å². The van der Waals surface area contributed by atoms with E-state index in [0.29, 0.717) is 22.4 Å². The number of hydrogen-bond acceptors (Lipinski definition) is 2. The second-order valence-electron chi connectivity index (χ2n) is 5.92. The third kappa shape index (κ3) is 7.41. The fraction of sp³-hybridized carbons (Fsp3) is 0.625. The Hall–Kier alpha value is 0.357. The summed E-state index contributed by atoms with van der Waals surface area (Å²) in [4.78, 5) is 0. The van der Waals surface area contributed by atoms with Crippen molar-refractivity contribution in [1.29, 1.82) is 0 Å². The predicted octanol–water partition coefficient (Wildman–Crippen LogP) is 7.76. The van der Waals surface area contributed by atoms with Crippen LogP contribution in [0.5, 0.6) is 5.75 Å². The molecule has 7 heteroatoms. The van der Waals surface area contributed by atoms with Gasteiger partial charge in [-0.05, 0) is 25.6 Å². The maximum absolute atomic E-state index is 6.18. The molecule has 0 fully saturated rings. The average Bonchev–Trinajstić information content (AvgIpc) is 2.49. The third-order valence-electron chi connectivity index (χ3n) is 3.37. The molecule has 1 aromatic rings. The van der Waals surface area contributed by atoms with Crippen LogP contribution in [0.3, 0.4) is 0 Å². The van der Waals surface area contributed by atoms with Gasteiger partial charge >= 0.3 is 8.56 Å². The Morgan fingerprint density at radius 1 is 0.870 bits per heavy atom. The number of benzene rings is 1. The summed E-state index contributed by atoms with van der Waals surface area (Å²) in [6.07, 6.45) is 7.31. The topological polar surface area (TPSA) is 18.5 Å². The first-order valence-corrected chi connectivity index (χ1v) is 12.3. The molecular weight excluding hydrogens is 394 g/mol. The highest BCUT2D eigenvalue weighted by Crippen LogP contribution is 2.43. The SMILES string of the molecule is CCCCCCCCO[Si](C)(C)Oc1c(Cl)c(Cl)cc(Cl)c1Cl. The van der Waals surface area contributed by atoms with E-state index in [1.54, 1.807) is 0 Å². The van der Waals surface area contributed by atoms with Gasteiger partial charge in [-0.15, -0.1) is 0 Å². The smallest absolute Gasteiger partial charge is 0.392 e. The van der Waals surface area contributed by atoms with Crippen molar-refractivity contribution in [1.82, 2.24) is 0 Å². The van der Waals surface area contributed by atoms with Crippen LogP contribution in [0.2, 0.25) is 33.2 Å². The van der Waals surface area contributed by atoms with Crippen LogP contribution in [0.15, 0.2) is 6.07 Å². The molecule has 0 aliphatic heterocycles. The Bertz CT molecular complexity index is 483. The Morgan fingerprint density at radius 2 is 1.39 bits per heavy atom. The van der Waals surface area contributed by atoms with Gasteiger partial charge in [0.15, 0.2) is 0 Å². The van der Waals surface area contributed by atoms with E-state index in [4.69, 9.17) is 55.3 Å². The van der Waals surface area contributed by atoms with Crippen LogP contribution in [-0.4, -0.2) is 15.2 Å². The molecule has 0 aliphatic carbocycles. The third-order valence-corrected chi connectivity index (χ3v) is 6.50. The molecular formula is C16H24Cl4O2Si. The monoisotopic (exact) mass is 416 g/mol. The van der Waals surface area contributed by atoms with E-state index in [-0.39, 0.29) is 10.0 Å². The molecule has 0 radical (unpaired) electrons. The summed E-state index contributed by atoms with van der Waals surface area (Å²) in [6, 6.07) is 1.51. The van der Waals surface area contributed by atoms with E-state index in [1.807, 2.05) is 13.1 Å². The Morgan fingerprint density at radius 3 is 1.96 bits per heavy atom. The molecule has 1 aromatic carbocycles. The maximum Gasteiger partial charge on any atom is 0.392 e. The minimum Gasteiger partial charge on any atom is -0.518 e. The Labute approximate surface area is 160 Å². The molecule has 0 bridgehead atoms. The molecule has 0 spiro atoms. The summed E-state index contributed by atoms with van der Waals surface area (Å²) in [6.45, 7) is 6.79. The van der Waals surface area contributed by atoms with E-state index in [1.165, 1.54) is 38.2 Å². The molecule has 1 rings (SSSR count). The quantitative estimate of drug-likeness (QED) is 0.220. The van der Waals surface area contributed by atoms with Crippen LogP contribution in [0, 0.1) is 0 Å². The molecule has 0 saturated carbocycles. The summed E-state index contributed by atoms with van der Waals surface area (Å²) in [5, 5.41) is 1.17. The number of unbranched alkanes of at least 4 members (excludes halogenated alkanes) is 5. The lowest BCUT2D eigenvalue weighted by molar-refractivity contribution is 0.241. The minimum atomic E-state index is -2.41. The molecule has 0 aromatic heterocycles. The highest BCUT2D eigenvalue weighted by molar-refractivity contribution is 6.65. The van der Waals surface area contributed by atoms with Crippen LogP contribution in [0.25, 0.3) is 0 Å². The van der Waals surface area contributed by atoms with Gasteiger partial charge in [-0.1, -0.05) is 85.4 Å². The van der Waals surface area contributed by atoms with Gasteiger partial charge < -0.3 is 8.85 Å². The van der Waals surface area contributed by atoms with Crippen molar-refractivity contribution in [2.24, 2.45) is 0 Å². The number of halogens is 4. The fourth-order valence-corrected chi connectivity index (χ4v) is 4.51. The molecule has 0 N–H and O–H groups in total. The van der Waals surface area contributed by atoms with Crippen molar-refractivity contribution in [3.05, 3.63) is 26.2 Å². The standard InChI is InChI=1S/C16H24Cl4O2Si/c1-4-5-6-7-8-9-10-21-23(2,3)22-16-14(19)12(17)11-13(18)15(16)20/h11H,4-10H2,1-3H3. The summed E-state index contributed by atoms with van der Waals surface area (Å²) >= 11 is 24.4. The minimum absolute atomic E-state index is 0.268. The second-order valence-corrected chi connectivity index (χ2v) is 10.8. The van der Waals surface area contributed by atoms with Crippen LogP contribution in [0.1, 0.15) is 45.4 Å². The largest absolute Gasteiger partial charge is 0.518 e. The van der Waals surface area contributed by atoms with Crippen molar-refractivity contribution >= 4 is 55.0 Å². The molecule has 132 valence electrons. The predicted molar refractivity (Wildman–Crippen MR) is 104 cm³/mol. The van der Waals surface area contributed by atoms with Gasteiger partial charge in [0.1, 0.15) is 15.8 Å². The van der Waals surface area contributed by atoms with Crippen LogP contribution in [0.4, 0.5) is 0 Å². The lowest BCUT2D eigenvalue weighted by Gasteiger charge is -2.25. The normalized spacial score (nSPS) is 11.8. The average molecular weight is 418 g/mol. The summed E-state index contributed by atoms with van der Waals surface area (Å²) < 4.78 is 11.9. The van der Waals surface area contributed by atoms with E-state index in [2.05, 4.69) is 6.92 Å². The summed E-state index contributed by atoms with van der Waals surface area (Å²) in [5.74, 6) is 0.311. The molecule has 2 nitrogen and oxygen atoms in total. The Balaban J connectivity index is 2.52. The van der Waals surface area contributed by atoms with Crippen molar-refractivity contribution in [2.45, 2.75) is 58.5 Å². The zero-order valence-electron chi connectivity index (χ0n) is 13.9. The maximum atomic E-state index is 6.18.